The fraction of sp³-hybridized carbons (Fsp3) is 0.250. The Hall–Kier alpha value is -1.41. The van der Waals surface area contributed by atoms with Crippen LogP contribution in [0.5, 0.6) is 5.75 Å². The van der Waals surface area contributed by atoms with E-state index < -0.39 is 5.91 Å². The average Bonchev–Trinajstić information content (AvgIpc) is 2.86. The second kappa shape index (κ2) is 6.36. The molecule has 0 bridgehead atoms. The van der Waals surface area contributed by atoms with Crippen LogP contribution in [0.4, 0.5) is 0 Å². The summed E-state index contributed by atoms with van der Waals surface area (Å²) >= 11 is 6.85. The predicted octanol–water partition coefficient (Wildman–Crippen LogP) is 2.88. The first-order valence-corrected chi connectivity index (χ1v) is 7.46. The molecule has 0 spiro atoms. The van der Waals surface area contributed by atoms with Gasteiger partial charge in [-0.2, -0.15) is 15.4 Å². The van der Waals surface area contributed by atoms with Crippen LogP contribution in [0.15, 0.2) is 21.1 Å². The number of carbonyl (C=O) groups is 1. The van der Waals surface area contributed by atoms with E-state index in [0.717, 1.165) is 15.4 Å². The molecule has 1 heterocycles. The highest BCUT2D eigenvalue weighted by molar-refractivity contribution is 9.11. The lowest BCUT2D eigenvalue weighted by Crippen LogP contribution is -2.13. The average molecular weight is 404 g/mol. The molecule has 2 aromatic rings. The smallest absolute Gasteiger partial charge is 0.271 e. The number of nitrogens with one attached hydrogen (secondary N) is 1. The minimum atomic E-state index is -0.647. The molecule has 8 heteroatoms. The number of ether oxygens (including phenoxy) is 1. The molecule has 0 aliphatic heterocycles. The predicted molar refractivity (Wildman–Crippen MR) is 81.5 cm³/mol. The molecular weight excluding hydrogens is 392 g/mol. The number of nitrogens with two attached hydrogens (primary N) is 1. The van der Waals surface area contributed by atoms with Crippen LogP contribution in [0.2, 0.25) is 0 Å². The van der Waals surface area contributed by atoms with Crippen molar-refractivity contribution in [3.8, 4) is 17.0 Å². The van der Waals surface area contributed by atoms with Crippen LogP contribution in [-0.4, -0.2) is 27.9 Å². The molecule has 0 radical (unpaired) electrons. The van der Waals surface area contributed by atoms with Crippen molar-refractivity contribution >= 4 is 37.8 Å². The molecule has 0 aliphatic carbocycles. The fourth-order valence-electron chi connectivity index (χ4n) is 1.68. The number of carbonyl (C=O) groups excluding carboxylic acids is 1. The summed E-state index contributed by atoms with van der Waals surface area (Å²) < 4.78 is 7.31. The number of H-pyrrole nitrogens is 1. The Balaban J connectivity index is 2.59. The highest BCUT2D eigenvalue weighted by Gasteiger charge is 2.21. The summed E-state index contributed by atoms with van der Waals surface area (Å²) in [7, 11) is 0. The van der Waals surface area contributed by atoms with Gasteiger partial charge >= 0.3 is 0 Å². The van der Waals surface area contributed by atoms with E-state index in [0.29, 0.717) is 23.6 Å². The molecule has 0 fully saturated rings. The Morgan fingerprint density at radius 1 is 1.40 bits per heavy atom. The molecular formula is C12H12Br2N4O2. The third-order valence-corrected chi connectivity index (χ3v) is 3.54. The number of primary amides is 1. The Labute approximate surface area is 132 Å². The third-order valence-electron chi connectivity index (χ3n) is 2.50. The van der Waals surface area contributed by atoms with Crippen LogP contribution in [0.1, 0.15) is 23.8 Å². The van der Waals surface area contributed by atoms with Gasteiger partial charge in [0.05, 0.1) is 11.1 Å². The van der Waals surface area contributed by atoms with E-state index >= 15 is 0 Å². The maximum absolute atomic E-state index is 11.4. The zero-order valence-electron chi connectivity index (χ0n) is 10.6. The molecule has 0 saturated carbocycles. The van der Waals surface area contributed by atoms with Gasteiger partial charge in [-0.15, -0.1) is 0 Å². The number of benzene rings is 1. The number of halogens is 2. The van der Waals surface area contributed by atoms with Crippen molar-refractivity contribution in [2.24, 2.45) is 5.73 Å². The summed E-state index contributed by atoms with van der Waals surface area (Å²) in [5.41, 5.74) is 6.38. The number of aromatic nitrogens is 3. The number of hydrogen-bond donors (Lipinski definition) is 2. The van der Waals surface area contributed by atoms with Crippen molar-refractivity contribution in [3.63, 3.8) is 0 Å². The van der Waals surface area contributed by atoms with Gasteiger partial charge in [-0.25, -0.2) is 0 Å². The van der Waals surface area contributed by atoms with Gasteiger partial charge in [-0.1, -0.05) is 22.9 Å². The Morgan fingerprint density at radius 3 is 2.80 bits per heavy atom. The molecule has 1 aromatic heterocycles. The number of aromatic amines is 1. The van der Waals surface area contributed by atoms with E-state index in [9.17, 15) is 4.79 Å². The SMILES string of the molecule is CCCOc1c(Br)cc(Br)cc1-c1n[nH]nc1C(N)=O. The minimum absolute atomic E-state index is 0.0800. The van der Waals surface area contributed by atoms with E-state index in [1.54, 1.807) is 6.07 Å². The van der Waals surface area contributed by atoms with E-state index in [1.165, 1.54) is 0 Å². The second-order valence-corrected chi connectivity index (χ2v) is 5.77. The number of rotatable bonds is 5. The Bertz CT molecular complexity index is 642. The first-order valence-electron chi connectivity index (χ1n) is 5.87. The summed E-state index contributed by atoms with van der Waals surface area (Å²) in [6.45, 7) is 2.56. The molecule has 0 aliphatic rings. The second-order valence-electron chi connectivity index (χ2n) is 4.00. The lowest BCUT2D eigenvalue weighted by molar-refractivity contribution is 0.0996. The highest BCUT2D eigenvalue weighted by Crippen LogP contribution is 2.39. The third kappa shape index (κ3) is 3.01. The van der Waals surface area contributed by atoms with Gasteiger partial charge in [0.25, 0.3) is 5.91 Å². The standard InChI is InChI=1S/C12H12Br2N4O2/c1-2-3-20-11-7(4-6(13)5-8(11)14)9-10(12(15)19)17-18-16-9/h4-5H,2-3H2,1H3,(H2,15,19)(H,16,17,18). The van der Waals surface area contributed by atoms with E-state index in [1.807, 2.05) is 13.0 Å². The molecule has 0 saturated heterocycles. The summed E-state index contributed by atoms with van der Waals surface area (Å²) in [6, 6.07) is 3.67. The van der Waals surface area contributed by atoms with Crippen molar-refractivity contribution < 1.29 is 9.53 Å². The van der Waals surface area contributed by atoms with Gasteiger partial charge in [0.2, 0.25) is 0 Å². The Morgan fingerprint density at radius 2 is 2.15 bits per heavy atom. The molecule has 1 amide bonds. The summed E-state index contributed by atoms with van der Waals surface area (Å²) in [5, 5.41) is 10.2. The van der Waals surface area contributed by atoms with Crippen LogP contribution in [0.25, 0.3) is 11.3 Å². The number of amides is 1. The largest absolute Gasteiger partial charge is 0.492 e. The maximum Gasteiger partial charge on any atom is 0.271 e. The van der Waals surface area contributed by atoms with Crippen LogP contribution >= 0.6 is 31.9 Å². The van der Waals surface area contributed by atoms with Gasteiger partial charge < -0.3 is 10.5 Å². The van der Waals surface area contributed by atoms with Gasteiger partial charge in [-0.05, 0) is 34.5 Å². The molecule has 1 aromatic carbocycles. The van der Waals surface area contributed by atoms with Crippen molar-refractivity contribution in [2.75, 3.05) is 6.61 Å². The van der Waals surface area contributed by atoms with E-state index in [-0.39, 0.29) is 5.69 Å². The molecule has 0 unspecified atom stereocenters. The van der Waals surface area contributed by atoms with Gasteiger partial charge in [0.15, 0.2) is 5.69 Å². The first kappa shape index (κ1) is 15.0. The molecule has 6 nitrogen and oxygen atoms in total. The first-order chi connectivity index (χ1) is 9.54. The molecule has 20 heavy (non-hydrogen) atoms. The van der Waals surface area contributed by atoms with Gasteiger partial charge in [-0.3, -0.25) is 4.79 Å². The van der Waals surface area contributed by atoms with Gasteiger partial charge in [0.1, 0.15) is 11.4 Å². The van der Waals surface area contributed by atoms with Gasteiger partial charge in [0, 0.05) is 10.0 Å². The van der Waals surface area contributed by atoms with E-state index in [2.05, 4.69) is 47.3 Å². The number of nitrogens with zero attached hydrogens (tertiary/aromatic N) is 2. The molecule has 0 atom stereocenters. The molecule has 106 valence electrons. The number of hydrogen-bond acceptors (Lipinski definition) is 4. The molecule has 3 N–H and O–H groups in total. The zero-order valence-corrected chi connectivity index (χ0v) is 13.8. The quantitative estimate of drug-likeness (QED) is 0.802. The van der Waals surface area contributed by atoms with Crippen molar-refractivity contribution in [2.45, 2.75) is 13.3 Å². The van der Waals surface area contributed by atoms with Crippen LogP contribution in [-0.2, 0) is 0 Å². The lowest BCUT2D eigenvalue weighted by atomic mass is 10.1. The molecule has 2 rings (SSSR count). The van der Waals surface area contributed by atoms with E-state index in [4.69, 9.17) is 10.5 Å². The maximum atomic E-state index is 11.4. The topological polar surface area (TPSA) is 93.9 Å². The van der Waals surface area contributed by atoms with Crippen molar-refractivity contribution in [3.05, 3.63) is 26.8 Å². The fourth-order valence-corrected chi connectivity index (χ4v) is 3.02. The highest BCUT2D eigenvalue weighted by atomic mass is 79.9. The minimum Gasteiger partial charge on any atom is -0.492 e. The van der Waals surface area contributed by atoms with Crippen LogP contribution in [0, 0.1) is 0 Å². The van der Waals surface area contributed by atoms with Crippen LogP contribution < -0.4 is 10.5 Å². The summed E-state index contributed by atoms with van der Waals surface area (Å²) in [5.74, 6) is -0.0438. The monoisotopic (exact) mass is 402 g/mol. The summed E-state index contributed by atoms with van der Waals surface area (Å²) in [6.07, 6.45) is 0.865. The van der Waals surface area contributed by atoms with Crippen molar-refractivity contribution in [1.82, 2.24) is 15.4 Å². The summed E-state index contributed by atoms with van der Waals surface area (Å²) in [4.78, 5) is 11.4. The zero-order chi connectivity index (χ0) is 14.7. The van der Waals surface area contributed by atoms with Crippen LogP contribution in [0.3, 0.4) is 0 Å². The Kier molecular flexibility index (Phi) is 4.77. The van der Waals surface area contributed by atoms with Crippen molar-refractivity contribution in [1.29, 1.82) is 0 Å². The normalized spacial score (nSPS) is 10.6. The lowest BCUT2D eigenvalue weighted by Gasteiger charge is -2.12.